The summed E-state index contributed by atoms with van der Waals surface area (Å²) in [5, 5.41) is 2.84. The number of hydrogen-bond acceptors (Lipinski definition) is 3. The molecule has 2 fully saturated rings. The Kier molecular flexibility index (Phi) is 4.98. The van der Waals surface area contributed by atoms with Gasteiger partial charge >= 0.3 is 6.03 Å². The quantitative estimate of drug-likeness (QED) is 0.837. The van der Waals surface area contributed by atoms with Crippen LogP contribution in [0.5, 0.6) is 0 Å². The van der Waals surface area contributed by atoms with Crippen molar-refractivity contribution in [1.82, 2.24) is 15.1 Å². The minimum Gasteiger partial charge on any atom is -0.340 e. The van der Waals surface area contributed by atoms with Crippen molar-refractivity contribution in [3.8, 4) is 0 Å². The van der Waals surface area contributed by atoms with E-state index < -0.39 is 11.6 Å². The first-order valence-corrected chi connectivity index (χ1v) is 8.96. The van der Waals surface area contributed by atoms with Gasteiger partial charge in [-0.05, 0) is 36.5 Å². The highest BCUT2D eigenvalue weighted by atomic mass is 19.1. The summed E-state index contributed by atoms with van der Waals surface area (Å²) in [5.74, 6) is -0.907. The Morgan fingerprint density at radius 2 is 2.00 bits per heavy atom. The summed E-state index contributed by atoms with van der Waals surface area (Å²) in [6.07, 6.45) is 3.45. The van der Waals surface area contributed by atoms with Crippen LogP contribution < -0.4 is 5.32 Å². The third-order valence-corrected chi connectivity index (χ3v) is 5.55. The van der Waals surface area contributed by atoms with Gasteiger partial charge in [0, 0.05) is 13.6 Å². The number of carbonyl (C=O) groups is 3. The molecule has 1 N–H and O–H groups in total. The Morgan fingerprint density at radius 1 is 1.31 bits per heavy atom. The lowest BCUT2D eigenvalue weighted by Crippen LogP contribution is -2.54. The molecule has 1 saturated carbocycles. The first-order chi connectivity index (χ1) is 12.3. The average Bonchev–Trinajstić information content (AvgIpc) is 2.84. The molecule has 1 aliphatic carbocycles. The van der Waals surface area contributed by atoms with Crippen LogP contribution in [0.4, 0.5) is 9.18 Å². The second kappa shape index (κ2) is 7.05. The van der Waals surface area contributed by atoms with E-state index in [4.69, 9.17) is 0 Å². The predicted octanol–water partition coefficient (Wildman–Crippen LogP) is 2.28. The Morgan fingerprint density at radius 3 is 2.65 bits per heavy atom. The van der Waals surface area contributed by atoms with Gasteiger partial charge in [0.1, 0.15) is 17.9 Å². The summed E-state index contributed by atoms with van der Waals surface area (Å²) < 4.78 is 13.0. The molecule has 140 valence electrons. The van der Waals surface area contributed by atoms with E-state index in [1.54, 1.807) is 19.2 Å². The zero-order chi connectivity index (χ0) is 18.9. The minimum atomic E-state index is -0.856. The zero-order valence-corrected chi connectivity index (χ0v) is 15.1. The Balaban J connectivity index is 1.66. The molecule has 1 aliphatic heterocycles. The second-order valence-corrected chi connectivity index (χ2v) is 7.32. The molecule has 3 rings (SSSR count). The smallest absolute Gasteiger partial charge is 0.325 e. The maximum absolute atomic E-state index is 13.0. The van der Waals surface area contributed by atoms with Crippen LogP contribution in [0, 0.1) is 11.7 Å². The number of hydrogen-bond donors (Lipinski definition) is 1. The molecule has 26 heavy (non-hydrogen) atoms. The van der Waals surface area contributed by atoms with E-state index in [9.17, 15) is 18.8 Å². The van der Waals surface area contributed by atoms with Gasteiger partial charge in [-0.3, -0.25) is 14.5 Å². The first kappa shape index (κ1) is 18.4. The van der Waals surface area contributed by atoms with Crippen molar-refractivity contribution in [3.63, 3.8) is 0 Å². The molecule has 1 saturated heterocycles. The fourth-order valence-corrected chi connectivity index (χ4v) is 3.85. The maximum Gasteiger partial charge on any atom is 0.325 e. The molecule has 6 nitrogen and oxygen atoms in total. The summed E-state index contributed by atoms with van der Waals surface area (Å²) in [6, 6.07) is 5.38. The molecular weight excluding hydrogens is 337 g/mol. The monoisotopic (exact) mass is 361 g/mol. The standard InChI is InChI=1S/C19H24FN3O3/c1-13-5-3-4-10-19(13)17(25)23(18(26)21-19)12-16(24)22(2)11-14-6-8-15(20)9-7-14/h6-9,13H,3-5,10-12H2,1-2H3,(H,21,26). The molecular formula is C19H24FN3O3. The maximum atomic E-state index is 13.0. The lowest BCUT2D eigenvalue weighted by Gasteiger charge is -2.36. The molecule has 0 radical (unpaired) electrons. The molecule has 2 atom stereocenters. The number of nitrogens with one attached hydrogen (secondary N) is 1. The third-order valence-electron chi connectivity index (χ3n) is 5.55. The van der Waals surface area contributed by atoms with E-state index >= 15 is 0 Å². The highest BCUT2D eigenvalue weighted by Crippen LogP contribution is 2.38. The molecule has 0 bridgehead atoms. The Labute approximate surface area is 152 Å². The number of carbonyl (C=O) groups excluding carboxylic acids is 3. The lowest BCUT2D eigenvalue weighted by molar-refractivity contribution is -0.140. The number of urea groups is 1. The molecule has 0 aromatic heterocycles. The van der Waals surface area contributed by atoms with Gasteiger partial charge in [0.15, 0.2) is 0 Å². The molecule has 7 heteroatoms. The highest BCUT2D eigenvalue weighted by Gasteiger charge is 2.55. The fourth-order valence-electron chi connectivity index (χ4n) is 3.85. The van der Waals surface area contributed by atoms with E-state index in [1.807, 2.05) is 6.92 Å². The number of halogens is 1. The van der Waals surface area contributed by atoms with Crippen LogP contribution in [0.2, 0.25) is 0 Å². The van der Waals surface area contributed by atoms with E-state index in [0.29, 0.717) is 6.42 Å². The molecule has 2 aliphatic rings. The summed E-state index contributed by atoms with van der Waals surface area (Å²) in [4.78, 5) is 40.2. The van der Waals surface area contributed by atoms with Crippen molar-refractivity contribution >= 4 is 17.8 Å². The van der Waals surface area contributed by atoms with Gasteiger partial charge in [-0.2, -0.15) is 0 Å². The van der Waals surface area contributed by atoms with Crippen LogP contribution in [0.25, 0.3) is 0 Å². The van der Waals surface area contributed by atoms with E-state index in [2.05, 4.69) is 5.32 Å². The van der Waals surface area contributed by atoms with Gasteiger partial charge in [0.25, 0.3) is 5.91 Å². The van der Waals surface area contributed by atoms with Gasteiger partial charge in [-0.25, -0.2) is 9.18 Å². The number of benzene rings is 1. The number of amides is 4. The van der Waals surface area contributed by atoms with E-state index in [0.717, 1.165) is 29.7 Å². The van der Waals surface area contributed by atoms with Crippen molar-refractivity contribution in [2.75, 3.05) is 13.6 Å². The Hall–Kier alpha value is -2.44. The van der Waals surface area contributed by atoms with Crippen LogP contribution in [0.1, 0.15) is 38.2 Å². The third kappa shape index (κ3) is 3.30. The van der Waals surface area contributed by atoms with Crippen LogP contribution >= 0.6 is 0 Å². The van der Waals surface area contributed by atoms with E-state index in [1.165, 1.54) is 17.0 Å². The number of likely N-dealkylation sites (N-methyl/N-ethyl adjacent to an activating group) is 1. The van der Waals surface area contributed by atoms with Crippen molar-refractivity contribution in [3.05, 3.63) is 35.6 Å². The molecule has 4 amide bonds. The average molecular weight is 361 g/mol. The van der Waals surface area contributed by atoms with Crippen LogP contribution in [0.15, 0.2) is 24.3 Å². The van der Waals surface area contributed by atoms with Crippen molar-refractivity contribution in [2.45, 2.75) is 44.7 Å². The number of rotatable bonds is 4. The second-order valence-electron chi connectivity index (χ2n) is 7.32. The Bertz CT molecular complexity index is 721. The lowest BCUT2D eigenvalue weighted by atomic mass is 9.73. The summed E-state index contributed by atoms with van der Waals surface area (Å²) >= 11 is 0. The normalized spacial score (nSPS) is 25.5. The van der Waals surface area contributed by atoms with Gasteiger partial charge in [-0.15, -0.1) is 0 Å². The van der Waals surface area contributed by atoms with E-state index in [-0.39, 0.29) is 36.6 Å². The van der Waals surface area contributed by atoms with Crippen molar-refractivity contribution in [2.24, 2.45) is 5.92 Å². The molecule has 1 heterocycles. The SMILES string of the molecule is CC1CCCCC12NC(=O)N(CC(=O)N(C)Cc1ccc(F)cc1)C2=O. The molecule has 1 spiro atoms. The van der Waals surface area contributed by atoms with Gasteiger partial charge in [0.05, 0.1) is 0 Å². The number of imide groups is 1. The predicted molar refractivity (Wildman–Crippen MR) is 93.5 cm³/mol. The topological polar surface area (TPSA) is 69.7 Å². The fraction of sp³-hybridized carbons (Fsp3) is 0.526. The molecule has 1 aromatic rings. The molecule has 1 aromatic carbocycles. The largest absolute Gasteiger partial charge is 0.340 e. The van der Waals surface area contributed by atoms with Gasteiger partial charge in [0.2, 0.25) is 5.91 Å². The molecule has 2 unspecified atom stereocenters. The van der Waals surface area contributed by atoms with Gasteiger partial charge in [-0.1, -0.05) is 31.9 Å². The van der Waals surface area contributed by atoms with Crippen molar-refractivity contribution in [1.29, 1.82) is 0 Å². The summed E-state index contributed by atoms with van der Waals surface area (Å²) in [5.41, 5.74) is -0.0812. The minimum absolute atomic E-state index is 0.0600. The summed E-state index contributed by atoms with van der Waals surface area (Å²) in [6.45, 7) is 1.98. The zero-order valence-electron chi connectivity index (χ0n) is 15.1. The number of nitrogens with zero attached hydrogens (tertiary/aromatic N) is 2. The van der Waals surface area contributed by atoms with Crippen LogP contribution in [-0.2, 0) is 16.1 Å². The van der Waals surface area contributed by atoms with Crippen molar-refractivity contribution < 1.29 is 18.8 Å². The highest BCUT2D eigenvalue weighted by molar-refractivity contribution is 6.09. The van der Waals surface area contributed by atoms with Crippen LogP contribution in [0.3, 0.4) is 0 Å². The first-order valence-electron chi connectivity index (χ1n) is 8.96. The van der Waals surface area contributed by atoms with Gasteiger partial charge < -0.3 is 10.2 Å². The summed E-state index contributed by atoms with van der Waals surface area (Å²) in [7, 11) is 1.60. The van der Waals surface area contributed by atoms with Crippen LogP contribution in [-0.4, -0.2) is 46.8 Å².